The zero-order valence-corrected chi connectivity index (χ0v) is 7.09. The molecule has 9 heavy (non-hydrogen) atoms. The summed E-state index contributed by atoms with van der Waals surface area (Å²) in [4.78, 5) is 3.27. The third-order valence-electron chi connectivity index (χ3n) is 0.738. The molecule has 0 unspecified atom stereocenters. The van der Waals surface area contributed by atoms with E-state index in [2.05, 4.69) is 25.6 Å². The first-order chi connectivity index (χ1) is 4.06. The normalized spacial score (nSPS) is 10.9. The molecule has 0 radical (unpaired) electrons. The first-order valence-corrected chi connectivity index (χ1v) is 4.02. The van der Waals surface area contributed by atoms with E-state index in [1.807, 2.05) is 11.8 Å². The fourth-order valence-corrected chi connectivity index (χ4v) is 1.19. The topological polar surface area (TPSA) is 4.36 Å². The fraction of sp³-hybridized carbons (Fsp3) is 0.857. The largest absolute Gasteiger partial charge is 0.316 e. The van der Waals surface area contributed by atoms with Crippen LogP contribution < -0.4 is 0 Å². The van der Waals surface area contributed by atoms with Gasteiger partial charge in [0.1, 0.15) is 0 Å². The van der Waals surface area contributed by atoms with Crippen LogP contribution >= 0.6 is 11.8 Å². The van der Waals surface area contributed by atoms with Crippen LogP contribution in [0.25, 0.3) is 4.85 Å². The summed E-state index contributed by atoms with van der Waals surface area (Å²) < 4.78 is 0.324. The van der Waals surface area contributed by atoms with Crippen molar-refractivity contribution < 1.29 is 0 Å². The summed E-state index contributed by atoms with van der Waals surface area (Å²) in [5.41, 5.74) is 0. The Morgan fingerprint density at radius 2 is 2.00 bits per heavy atom. The maximum atomic E-state index is 6.52. The second-order valence-corrected chi connectivity index (χ2v) is 4.76. The van der Waals surface area contributed by atoms with Gasteiger partial charge in [-0.3, -0.25) is 0 Å². The standard InChI is InChI=1S/C7H13NS/c1-7(2,3)9-6-5-8-4/h5-6H2,1-3H3. The minimum Gasteiger partial charge on any atom is -0.316 e. The SMILES string of the molecule is [C-]#[N+]CCSC(C)(C)C. The molecule has 0 bridgehead atoms. The lowest BCUT2D eigenvalue weighted by molar-refractivity contribution is 0.803. The van der Waals surface area contributed by atoms with Crippen LogP contribution in [0, 0.1) is 6.57 Å². The zero-order valence-electron chi connectivity index (χ0n) is 6.27. The number of nitrogens with zero attached hydrogens (tertiary/aromatic N) is 1. The Labute approximate surface area is 61.7 Å². The van der Waals surface area contributed by atoms with E-state index in [1.54, 1.807) is 0 Å². The average molecular weight is 143 g/mol. The molecule has 0 aromatic rings. The molecule has 0 aromatic carbocycles. The lowest BCUT2D eigenvalue weighted by Gasteiger charge is -2.14. The molecule has 0 saturated heterocycles. The van der Waals surface area contributed by atoms with Gasteiger partial charge in [0, 0.05) is 4.75 Å². The van der Waals surface area contributed by atoms with Gasteiger partial charge in [-0.2, -0.15) is 0 Å². The molecule has 0 N–H and O–H groups in total. The molecule has 0 heterocycles. The average Bonchev–Trinajstić information content (AvgIpc) is 1.63. The molecular weight excluding hydrogens is 130 g/mol. The van der Waals surface area contributed by atoms with Gasteiger partial charge in [0.2, 0.25) is 6.54 Å². The zero-order chi connectivity index (χ0) is 7.33. The molecule has 0 spiro atoms. The van der Waals surface area contributed by atoms with Crippen LogP contribution in [0.15, 0.2) is 0 Å². The third-order valence-corrected chi connectivity index (χ3v) is 1.99. The molecule has 1 nitrogen and oxygen atoms in total. The van der Waals surface area contributed by atoms with Gasteiger partial charge in [-0.25, -0.2) is 6.57 Å². The summed E-state index contributed by atoms with van der Waals surface area (Å²) in [6, 6.07) is 0. The molecule has 0 saturated carbocycles. The summed E-state index contributed by atoms with van der Waals surface area (Å²) in [6.07, 6.45) is 0. The minimum absolute atomic E-state index is 0.324. The second kappa shape index (κ2) is 3.79. The van der Waals surface area contributed by atoms with E-state index in [0.717, 1.165) is 5.75 Å². The van der Waals surface area contributed by atoms with Crippen molar-refractivity contribution in [2.75, 3.05) is 12.3 Å². The fourth-order valence-electron chi connectivity index (χ4n) is 0.397. The van der Waals surface area contributed by atoms with Crippen molar-refractivity contribution in [1.29, 1.82) is 0 Å². The molecule has 52 valence electrons. The monoisotopic (exact) mass is 143 g/mol. The summed E-state index contributed by atoms with van der Waals surface area (Å²) in [7, 11) is 0. The van der Waals surface area contributed by atoms with Gasteiger partial charge in [0.05, 0.1) is 5.75 Å². The molecule has 0 aromatic heterocycles. The van der Waals surface area contributed by atoms with Gasteiger partial charge in [0.25, 0.3) is 0 Å². The van der Waals surface area contributed by atoms with Crippen molar-refractivity contribution in [1.82, 2.24) is 0 Å². The van der Waals surface area contributed by atoms with Crippen LogP contribution in [0.5, 0.6) is 0 Å². The van der Waals surface area contributed by atoms with E-state index in [1.165, 1.54) is 0 Å². The van der Waals surface area contributed by atoms with E-state index < -0.39 is 0 Å². The maximum Gasteiger partial charge on any atom is 0.223 e. The molecule has 0 aliphatic carbocycles. The number of rotatable bonds is 2. The van der Waals surface area contributed by atoms with Crippen LogP contribution in [0.3, 0.4) is 0 Å². The van der Waals surface area contributed by atoms with E-state index >= 15 is 0 Å². The molecule has 0 fully saturated rings. The minimum atomic E-state index is 0.324. The summed E-state index contributed by atoms with van der Waals surface area (Å²) in [6.45, 7) is 13.7. The predicted octanol–water partition coefficient (Wildman–Crippen LogP) is 2.44. The number of thioether (sulfide) groups is 1. The highest BCUT2D eigenvalue weighted by molar-refractivity contribution is 8.00. The van der Waals surface area contributed by atoms with Gasteiger partial charge in [0.15, 0.2) is 0 Å². The molecule has 0 aliphatic heterocycles. The summed E-state index contributed by atoms with van der Waals surface area (Å²) >= 11 is 1.84. The summed E-state index contributed by atoms with van der Waals surface area (Å²) in [5, 5.41) is 0. The Bertz CT molecular complexity index is 107. The highest BCUT2D eigenvalue weighted by atomic mass is 32.2. The molecular formula is C7H13NS. The van der Waals surface area contributed by atoms with Crippen molar-refractivity contribution >= 4 is 11.8 Å². The van der Waals surface area contributed by atoms with Crippen LogP contribution in [-0.2, 0) is 0 Å². The Morgan fingerprint density at radius 1 is 1.44 bits per heavy atom. The second-order valence-electron chi connectivity index (χ2n) is 2.84. The van der Waals surface area contributed by atoms with E-state index in [-0.39, 0.29) is 0 Å². The molecule has 0 rings (SSSR count). The highest BCUT2D eigenvalue weighted by Crippen LogP contribution is 2.22. The molecule has 0 amide bonds. The van der Waals surface area contributed by atoms with Crippen LogP contribution in [0.1, 0.15) is 20.8 Å². The van der Waals surface area contributed by atoms with Gasteiger partial charge < -0.3 is 4.85 Å². The molecule has 0 atom stereocenters. The first-order valence-electron chi connectivity index (χ1n) is 3.03. The predicted molar refractivity (Wildman–Crippen MR) is 43.7 cm³/mol. The Morgan fingerprint density at radius 3 is 2.33 bits per heavy atom. The van der Waals surface area contributed by atoms with Gasteiger partial charge in [-0.15, -0.1) is 11.8 Å². The Kier molecular flexibility index (Phi) is 3.72. The van der Waals surface area contributed by atoms with Gasteiger partial charge in [-0.1, -0.05) is 20.8 Å². The number of hydrogen-bond donors (Lipinski definition) is 0. The quantitative estimate of drug-likeness (QED) is 0.424. The van der Waals surface area contributed by atoms with Crippen molar-refractivity contribution in [3.8, 4) is 0 Å². The van der Waals surface area contributed by atoms with E-state index in [0.29, 0.717) is 11.3 Å². The molecule has 0 aliphatic rings. The Hall–Kier alpha value is -0.160. The maximum absolute atomic E-state index is 6.52. The van der Waals surface area contributed by atoms with Gasteiger partial charge >= 0.3 is 0 Å². The smallest absolute Gasteiger partial charge is 0.223 e. The summed E-state index contributed by atoms with van der Waals surface area (Å²) in [5.74, 6) is 0.965. The lowest BCUT2D eigenvalue weighted by Crippen LogP contribution is -2.08. The third kappa shape index (κ3) is 7.84. The first kappa shape index (κ1) is 8.84. The highest BCUT2D eigenvalue weighted by Gasteiger charge is 2.09. The van der Waals surface area contributed by atoms with Crippen molar-refractivity contribution in [2.24, 2.45) is 0 Å². The lowest BCUT2D eigenvalue weighted by atomic mass is 10.3. The van der Waals surface area contributed by atoms with Crippen LogP contribution in [0.2, 0.25) is 0 Å². The van der Waals surface area contributed by atoms with Crippen LogP contribution in [-0.4, -0.2) is 17.0 Å². The van der Waals surface area contributed by atoms with Crippen molar-refractivity contribution in [3.05, 3.63) is 11.4 Å². The van der Waals surface area contributed by atoms with E-state index in [4.69, 9.17) is 6.57 Å². The molecule has 2 heteroatoms. The van der Waals surface area contributed by atoms with E-state index in [9.17, 15) is 0 Å². The Balaban J connectivity index is 3.20. The van der Waals surface area contributed by atoms with Gasteiger partial charge in [-0.05, 0) is 0 Å². The van der Waals surface area contributed by atoms with Crippen LogP contribution in [0.4, 0.5) is 0 Å². The number of hydrogen-bond acceptors (Lipinski definition) is 1. The van der Waals surface area contributed by atoms with Crippen molar-refractivity contribution in [2.45, 2.75) is 25.5 Å². The van der Waals surface area contributed by atoms with Crippen molar-refractivity contribution in [3.63, 3.8) is 0 Å².